The van der Waals surface area contributed by atoms with E-state index in [4.69, 9.17) is 23.6 Å². The summed E-state index contributed by atoms with van der Waals surface area (Å²) in [5.41, 5.74) is -10.1. The lowest BCUT2D eigenvalue weighted by atomic mass is 10.1. The number of hydrogen-bond donors (Lipinski definition) is 2. The maximum atomic E-state index is 13.6. The molecule has 4 nitrogen and oxygen atoms in total. The molecule has 0 saturated carbocycles. The molecular formula is C24H26F12N4P2S2. The van der Waals surface area contributed by atoms with E-state index >= 15 is 0 Å². The predicted molar refractivity (Wildman–Crippen MR) is 152 cm³/mol. The van der Waals surface area contributed by atoms with Crippen molar-refractivity contribution < 1.29 is 52.7 Å². The lowest BCUT2D eigenvalue weighted by molar-refractivity contribution is -0.144. The topological polar surface area (TPSA) is 30.5 Å². The van der Waals surface area contributed by atoms with Gasteiger partial charge in [-0.05, 0) is 102 Å². The highest BCUT2D eigenvalue weighted by Crippen LogP contribution is 2.88. The van der Waals surface area contributed by atoms with Crippen LogP contribution in [0.2, 0.25) is 0 Å². The molecule has 1 aliphatic heterocycles. The summed E-state index contributed by atoms with van der Waals surface area (Å²) < 4.78 is 166. The lowest BCUT2D eigenvalue weighted by Crippen LogP contribution is -2.59. The SMILES string of the molecule is CC(C)(C)N1P(=S)(Nc2cc(C(F)(F)F)cc(C(F)(F)F)c2)N(C(C)(C)C)P1(=S)Nc1cc(C(F)(F)F)cc(C(F)(F)F)c1. The van der Waals surface area contributed by atoms with Crippen molar-refractivity contribution >= 4 is 48.0 Å². The normalized spacial score (nSPS) is 23.0. The molecule has 0 aromatic heterocycles. The van der Waals surface area contributed by atoms with Crippen molar-refractivity contribution in [2.45, 2.75) is 77.3 Å². The van der Waals surface area contributed by atoms with Crippen molar-refractivity contribution in [2.75, 3.05) is 10.2 Å². The number of anilines is 2. The summed E-state index contributed by atoms with van der Waals surface area (Å²) in [5, 5.41) is 5.29. The summed E-state index contributed by atoms with van der Waals surface area (Å²) in [6.07, 6.45) is -20.7. The molecule has 2 N–H and O–H groups in total. The molecule has 1 aliphatic rings. The Hall–Kier alpha value is -1.58. The van der Waals surface area contributed by atoms with Gasteiger partial charge in [-0.1, -0.05) is 0 Å². The molecule has 3 rings (SSSR count). The van der Waals surface area contributed by atoms with Crippen molar-refractivity contribution in [2.24, 2.45) is 0 Å². The summed E-state index contributed by atoms with van der Waals surface area (Å²) >= 11 is 11.8. The minimum atomic E-state index is -5.17. The monoisotopic (exact) mass is 724 g/mol. The summed E-state index contributed by atoms with van der Waals surface area (Å²) in [6.45, 7) is 1.81. The molecule has 1 heterocycles. The fourth-order valence-electron chi connectivity index (χ4n) is 4.65. The summed E-state index contributed by atoms with van der Waals surface area (Å²) in [5.74, 6) is 0. The molecule has 0 aliphatic carbocycles. The van der Waals surface area contributed by atoms with Crippen LogP contribution in [-0.4, -0.2) is 20.0 Å². The highest BCUT2D eigenvalue weighted by molar-refractivity contribution is 8.30. The van der Waals surface area contributed by atoms with E-state index in [0.717, 1.165) is 0 Å². The third kappa shape index (κ3) is 7.35. The molecule has 0 unspecified atom stereocenters. The van der Waals surface area contributed by atoms with E-state index in [2.05, 4.69) is 10.2 Å². The Kier molecular flexibility index (Phi) is 9.22. The first-order valence-electron chi connectivity index (χ1n) is 12.3. The average molecular weight is 725 g/mol. The van der Waals surface area contributed by atoms with Crippen LogP contribution in [-0.2, 0) is 48.3 Å². The Morgan fingerprint density at radius 1 is 0.455 bits per heavy atom. The fraction of sp³-hybridized carbons (Fsp3) is 0.500. The van der Waals surface area contributed by atoms with E-state index in [0.29, 0.717) is 24.3 Å². The molecule has 248 valence electrons. The van der Waals surface area contributed by atoms with Gasteiger partial charge in [-0.2, -0.15) is 61.6 Å². The largest absolute Gasteiger partial charge is 0.416 e. The van der Waals surface area contributed by atoms with Gasteiger partial charge in [0.05, 0.1) is 22.3 Å². The van der Waals surface area contributed by atoms with Crippen LogP contribution in [0, 0.1) is 0 Å². The Balaban J connectivity index is 2.26. The highest BCUT2D eigenvalue weighted by atomic mass is 32.5. The Bertz CT molecular complexity index is 1330. The van der Waals surface area contributed by atoms with Crippen LogP contribution in [0.1, 0.15) is 63.8 Å². The fourth-order valence-corrected chi connectivity index (χ4v) is 21.3. The number of rotatable bonds is 4. The highest BCUT2D eigenvalue weighted by Gasteiger charge is 2.65. The van der Waals surface area contributed by atoms with Crippen LogP contribution < -0.4 is 10.2 Å². The van der Waals surface area contributed by atoms with Gasteiger partial charge in [0.15, 0.2) is 13.0 Å². The van der Waals surface area contributed by atoms with Gasteiger partial charge >= 0.3 is 24.7 Å². The Labute approximate surface area is 255 Å². The van der Waals surface area contributed by atoms with Gasteiger partial charge in [-0.25, -0.2) is 0 Å². The average Bonchev–Trinajstić information content (AvgIpc) is 2.73. The number of alkyl halides is 12. The zero-order chi connectivity index (χ0) is 34.3. The number of halogens is 12. The van der Waals surface area contributed by atoms with Gasteiger partial charge in [-0.15, -0.1) is 0 Å². The van der Waals surface area contributed by atoms with Gasteiger partial charge in [0, 0.05) is 22.5 Å². The first-order valence-corrected chi connectivity index (χ1v) is 17.7. The minimum Gasteiger partial charge on any atom is -0.334 e. The maximum Gasteiger partial charge on any atom is 0.416 e. The molecule has 44 heavy (non-hydrogen) atoms. The third-order valence-electron chi connectivity index (χ3n) is 5.95. The molecule has 1 saturated heterocycles. The molecular weight excluding hydrogens is 698 g/mol. The smallest absolute Gasteiger partial charge is 0.334 e. The molecule has 0 spiro atoms. The first kappa shape index (κ1) is 36.9. The molecule has 0 amide bonds. The van der Waals surface area contributed by atoms with E-state index in [9.17, 15) is 52.7 Å². The molecule has 2 aromatic carbocycles. The van der Waals surface area contributed by atoms with Crippen molar-refractivity contribution in [3.63, 3.8) is 0 Å². The van der Waals surface area contributed by atoms with E-state index in [1.54, 1.807) is 41.5 Å². The van der Waals surface area contributed by atoms with Crippen LogP contribution in [0.25, 0.3) is 0 Å². The first-order chi connectivity index (χ1) is 19.3. The minimum absolute atomic E-state index is 0.0682. The van der Waals surface area contributed by atoms with Gasteiger partial charge in [0.25, 0.3) is 0 Å². The van der Waals surface area contributed by atoms with Crippen LogP contribution in [0.3, 0.4) is 0 Å². The summed E-state index contributed by atoms with van der Waals surface area (Å²) in [4.78, 5) is 0. The molecule has 0 radical (unpaired) electrons. The number of hydrogen-bond acceptors (Lipinski definition) is 2. The quantitative estimate of drug-likeness (QED) is 0.241. The maximum absolute atomic E-state index is 13.6. The second-order valence-corrected chi connectivity index (χ2v) is 19.7. The lowest BCUT2D eigenvalue weighted by Gasteiger charge is -2.68. The standard InChI is InChI=1S/C24H26F12N4P2S2/c1-19(2,3)39-41(43,37-17-9-13(21(25,26)27)7-14(10-17)22(28,29)30)40(20(4,5)6)42(39,44)38-18-11-15(23(31,32)33)8-16(12-18)24(34,35)36/h7-12H,1-6H3,(H,37,43)(H,38,44). The zero-order valence-electron chi connectivity index (χ0n) is 23.6. The van der Waals surface area contributed by atoms with Crippen LogP contribution in [0.15, 0.2) is 36.4 Å². The molecule has 0 atom stereocenters. The van der Waals surface area contributed by atoms with Gasteiger partial charge in [-0.3, -0.25) is 0 Å². The second kappa shape index (κ2) is 11.0. The van der Waals surface area contributed by atoms with E-state index < -0.39 is 82.4 Å². The van der Waals surface area contributed by atoms with Gasteiger partial charge in [0.1, 0.15) is 0 Å². The van der Waals surface area contributed by atoms with Crippen LogP contribution >= 0.6 is 13.0 Å². The van der Waals surface area contributed by atoms with Crippen LogP contribution in [0.5, 0.6) is 0 Å². The van der Waals surface area contributed by atoms with Crippen LogP contribution in [0.4, 0.5) is 64.1 Å². The van der Waals surface area contributed by atoms with E-state index in [-0.39, 0.29) is 12.1 Å². The molecule has 2 aromatic rings. The van der Waals surface area contributed by atoms with Gasteiger partial charge in [0.2, 0.25) is 0 Å². The van der Waals surface area contributed by atoms with Crippen molar-refractivity contribution in [1.29, 1.82) is 0 Å². The number of benzene rings is 2. The predicted octanol–water partition coefficient (Wildman–Crippen LogP) is 10.9. The van der Waals surface area contributed by atoms with E-state index in [1.807, 2.05) is 0 Å². The molecule has 20 heteroatoms. The Morgan fingerprint density at radius 3 is 0.818 bits per heavy atom. The Morgan fingerprint density at radius 2 is 0.659 bits per heavy atom. The summed E-state index contributed by atoms with van der Waals surface area (Å²) in [7, 11) is 0. The summed E-state index contributed by atoms with van der Waals surface area (Å²) in [6, 6.07) is 1.60. The molecule has 0 bridgehead atoms. The zero-order valence-corrected chi connectivity index (χ0v) is 27.0. The van der Waals surface area contributed by atoms with E-state index in [1.165, 1.54) is 8.88 Å². The second-order valence-electron chi connectivity index (χ2n) is 11.8. The molecule has 1 fully saturated rings. The number of nitrogens with zero attached hydrogens (tertiary/aromatic N) is 2. The van der Waals surface area contributed by atoms with Crippen molar-refractivity contribution in [3.05, 3.63) is 58.7 Å². The van der Waals surface area contributed by atoms with Crippen molar-refractivity contribution in [1.82, 2.24) is 8.88 Å². The van der Waals surface area contributed by atoms with Gasteiger partial charge < -0.3 is 10.2 Å². The number of nitrogens with one attached hydrogen (secondary N) is 2. The van der Waals surface area contributed by atoms with Crippen molar-refractivity contribution in [3.8, 4) is 0 Å². The third-order valence-corrected chi connectivity index (χ3v) is 18.6.